The summed E-state index contributed by atoms with van der Waals surface area (Å²) < 4.78 is 0. The van der Waals surface area contributed by atoms with Gasteiger partial charge in [-0.25, -0.2) is 4.79 Å². The molecule has 24 heavy (non-hydrogen) atoms. The maximum atomic E-state index is 12.6. The third-order valence-corrected chi connectivity index (χ3v) is 3.81. The number of benzene rings is 2. The minimum Gasteiger partial charge on any atom is -0.369 e. The second kappa shape index (κ2) is 6.66. The van der Waals surface area contributed by atoms with Crippen LogP contribution in [0, 0.1) is 0 Å². The highest BCUT2D eigenvalue weighted by molar-refractivity contribution is 6.22. The highest BCUT2D eigenvalue weighted by Crippen LogP contribution is 2.30. The van der Waals surface area contributed by atoms with E-state index >= 15 is 0 Å². The summed E-state index contributed by atoms with van der Waals surface area (Å²) in [6.45, 7) is 0. The van der Waals surface area contributed by atoms with Gasteiger partial charge in [-0.15, -0.1) is 0 Å². The summed E-state index contributed by atoms with van der Waals surface area (Å²) in [5.74, 6) is -0.455. The quantitative estimate of drug-likeness (QED) is 0.483. The Kier molecular flexibility index (Phi) is 4.42. The Bertz CT molecular complexity index is 770. The summed E-state index contributed by atoms with van der Waals surface area (Å²) in [5, 5.41) is 4.05. The van der Waals surface area contributed by atoms with Gasteiger partial charge >= 0.3 is 5.97 Å². The van der Waals surface area contributed by atoms with Crippen molar-refractivity contribution in [3.63, 3.8) is 0 Å². The van der Waals surface area contributed by atoms with Gasteiger partial charge in [0.15, 0.2) is 0 Å². The zero-order valence-electron chi connectivity index (χ0n) is 13.7. The molecule has 122 valence electrons. The van der Waals surface area contributed by atoms with Crippen LogP contribution in [0.4, 0.5) is 0 Å². The van der Waals surface area contributed by atoms with Crippen LogP contribution in [-0.2, 0) is 16.1 Å². The van der Waals surface area contributed by atoms with E-state index in [-0.39, 0.29) is 0 Å². The van der Waals surface area contributed by atoms with Gasteiger partial charge in [0.2, 0.25) is 5.54 Å². The van der Waals surface area contributed by atoms with Crippen molar-refractivity contribution in [2.75, 3.05) is 14.1 Å². The average molecular weight is 321 g/mol. The lowest BCUT2D eigenvalue weighted by molar-refractivity contribution is -0.144. The van der Waals surface area contributed by atoms with Crippen LogP contribution in [0.25, 0.3) is 0 Å². The van der Waals surface area contributed by atoms with Crippen molar-refractivity contribution in [3.8, 4) is 0 Å². The Morgan fingerprint density at radius 3 is 2.33 bits per heavy atom. The lowest BCUT2D eigenvalue weighted by Gasteiger charge is -2.23. The van der Waals surface area contributed by atoms with Gasteiger partial charge in [-0.3, -0.25) is 4.99 Å². The largest absolute Gasteiger partial charge is 0.369 e. The summed E-state index contributed by atoms with van der Waals surface area (Å²) >= 11 is 0. The fraction of sp³-hybridized carbons (Fsp3) is 0.211. The molecule has 0 saturated carbocycles. The van der Waals surface area contributed by atoms with Crippen LogP contribution >= 0.6 is 0 Å². The molecule has 0 amide bonds. The van der Waals surface area contributed by atoms with Crippen molar-refractivity contribution in [1.29, 1.82) is 0 Å². The van der Waals surface area contributed by atoms with E-state index in [2.05, 4.69) is 10.1 Å². The molecule has 0 N–H and O–H groups in total. The Morgan fingerprint density at radius 2 is 1.71 bits per heavy atom. The number of carbonyl (C=O) groups is 1. The Balaban J connectivity index is 2.08. The van der Waals surface area contributed by atoms with Crippen LogP contribution in [0.5, 0.6) is 0 Å². The maximum absolute atomic E-state index is 12.6. The summed E-state index contributed by atoms with van der Waals surface area (Å²) in [5.41, 5.74) is 1.19. The van der Waals surface area contributed by atoms with Crippen molar-refractivity contribution in [1.82, 2.24) is 4.90 Å². The van der Waals surface area contributed by atoms with Crippen LogP contribution in [0.15, 0.2) is 70.8 Å². The first-order valence-electron chi connectivity index (χ1n) is 7.73. The van der Waals surface area contributed by atoms with Gasteiger partial charge in [0.25, 0.3) is 0 Å². The van der Waals surface area contributed by atoms with Crippen molar-refractivity contribution in [2.24, 2.45) is 10.1 Å². The molecule has 5 heteroatoms. The van der Waals surface area contributed by atoms with Crippen molar-refractivity contribution in [3.05, 3.63) is 71.8 Å². The van der Waals surface area contributed by atoms with E-state index < -0.39 is 11.5 Å². The SMILES string of the molecule is CN(C)C=NC1(Cc2ccccc2)C(=O)ON=C1c1ccccc1. The lowest BCUT2D eigenvalue weighted by atomic mass is 9.84. The number of rotatable bonds is 5. The molecule has 3 rings (SSSR count). The van der Waals surface area contributed by atoms with Gasteiger partial charge < -0.3 is 9.74 Å². The average Bonchev–Trinajstić information content (AvgIpc) is 2.91. The summed E-state index contributed by atoms with van der Waals surface area (Å²) in [6.07, 6.45) is 2.03. The van der Waals surface area contributed by atoms with Crippen molar-refractivity contribution >= 4 is 18.0 Å². The monoisotopic (exact) mass is 321 g/mol. The maximum Gasteiger partial charge on any atom is 0.368 e. The van der Waals surface area contributed by atoms with E-state index in [1.54, 1.807) is 11.2 Å². The van der Waals surface area contributed by atoms with E-state index in [4.69, 9.17) is 4.84 Å². The van der Waals surface area contributed by atoms with Crippen LogP contribution in [0.1, 0.15) is 11.1 Å². The highest BCUT2D eigenvalue weighted by Gasteiger charge is 2.50. The molecule has 0 bridgehead atoms. The molecule has 5 nitrogen and oxygen atoms in total. The fourth-order valence-electron chi connectivity index (χ4n) is 2.64. The molecule has 2 aromatic rings. The van der Waals surface area contributed by atoms with Gasteiger partial charge in [-0.2, -0.15) is 0 Å². The number of carbonyl (C=O) groups excluding carboxylic acids is 1. The molecule has 1 atom stereocenters. The van der Waals surface area contributed by atoms with E-state index in [1.165, 1.54) is 0 Å². The second-order valence-electron chi connectivity index (χ2n) is 5.92. The molecule has 0 saturated heterocycles. The standard InChI is InChI=1S/C19H19N3O2/c1-22(2)14-20-19(13-15-9-5-3-6-10-15)17(21-24-18(19)23)16-11-7-4-8-12-16/h3-12,14H,13H2,1-2H3. The fourth-order valence-corrected chi connectivity index (χ4v) is 2.64. The van der Waals surface area contributed by atoms with Gasteiger partial charge in [0.05, 0.1) is 6.34 Å². The predicted octanol–water partition coefficient (Wildman–Crippen LogP) is 2.52. The van der Waals surface area contributed by atoms with E-state index in [1.807, 2.05) is 74.8 Å². The summed E-state index contributed by atoms with van der Waals surface area (Å²) in [6, 6.07) is 19.3. The molecule has 0 aromatic heterocycles. The van der Waals surface area contributed by atoms with Gasteiger partial charge in [0, 0.05) is 26.1 Å². The van der Waals surface area contributed by atoms with Crippen LogP contribution in [0.2, 0.25) is 0 Å². The third-order valence-electron chi connectivity index (χ3n) is 3.81. The smallest absolute Gasteiger partial charge is 0.368 e. The Hall–Kier alpha value is -2.95. The minimum absolute atomic E-state index is 0.394. The van der Waals surface area contributed by atoms with Gasteiger partial charge in [0.1, 0.15) is 5.71 Å². The number of nitrogens with zero attached hydrogens (tertiary/aromatic N) is 3. The van der Waals surface area contributed by atoms with E-state index in [0.29, 0.717) is 12.1 Å². The molecule has 0 radical (unpaired) electrons. The van der Waals surface area contributed by atoms with Gasteiger partial charge in [-0.1, -0.05) is 65.8 Å². The number of hydrogen-bond acceptors (Lipinski definition) is 4. The second-order valence-corrected chi connectivity index (χ2v) is 5.92. The first-order valence-corrected chi connectivity index (χ1v) is 7.73. The van der Waals surface area contributed by atoms with Gasteiger partial charge in [-0.05, 0) is 5.56 Å². The van der Waals surface area contributed by atoms with Crippen molar-refractivity contribution < 1.29 is 9.63 Å². The third kappa shape index (κ3) is 3.06. The summed E-state index contributed by atoms with van der Waals surface area (Å²) in [4.78, 5) is 24.1. The normalized spacial score (nSPS) is 20.1. The van der Waals surface area contributed by atoms with Crippen LogP contribution in [0.3, 0.4) is 0 Å². The molecule has 1 aliphatic heterocycles. The first-order chi connectivity index (χ1) is 11.6. The van der Waals surface area contributed by atoms with Crippen LogP contribution < -0.4 is 0 Å². The molecular formula is C19H19N3O2. The predicted molar refractivity (Wildman–Crippen MR) is 94.1 cm³/mol. The molecule has 0 fully saturated rings. The summed E-state index contributed by atoms with van der Waals surface area (Å²) in [7, 11) is 3.72. The Labute approximate surface area is 141 Å². The molecule has 2 aromatic carbocycles. The highest BCUT2D eigenvalue weighted by atomic mass is 16.7. The van der Waals surface area contributed by atoms with E-state index in [0.717, 1.165) is 11.1 Å². The van der Waals surface area contributed by atoms with E-state index in [9.17, 15) is 4.79 Å². The molecule has 1 aliphatic rings. The number of hydrogen-bond donors (Lipinski definition) is 0. The Morgan fingerprint density at radius 1 is 1.08 bits per heavy atom. The molecule has 0 spiro atoms. The molecular weight excluding hydrogens is 302 g/mol. The topological polar surface area (TPSA) is 54.3 Å². The zero-order chi connectivity index (χ0) is 17.0. The molecule has 1 heterocycles. The van der Waals surface area contributed by atoms with Crippen LogP contribution in [-0.4, -0.2) is 42.6 Å². The lowest BCUT2D eigenvalue weighted by Crippen LogP contribution is -2.44. The number of oxime groups is 1. The molecule has 1 unspecified atom stereocenters. The number of aliphatic imine (C=N–C) groups is 1. The van der Waals surface area contributed by atoms with Crippen molar-refractivity contribution in [2.45, 2.75) is 12.0 Å². The zero-order valence-corrected chi connectivity index (χ0v) is 13.7. The first kappa shape index (κ1) is 15.9. The minimum atomic E-state index is -1.17. The molecule has 0 aliphatic carbocycles.